The van der Waals surface area contributed by atoms with E-state index in [2.05, 4.69) is 5.32 Å². The first-order chi connectivity index (χ1) is 6.91. The molecule has 0 aromatic rings. The third-order valence-corrected chi connectivity index (χ3v) is 2.79. The standard InChI is InChI=1S/C9H17NO4S/c1-7(2)5-10-8(11)6-15(14)4-3-9(12)13/h7H,3-6H2,1-2H3,(H,10,11)(H,12,13). The summed E-state index contributed by atoms with van der Waals surface area (Å²) in [5.74, 6) is -1.01. The molecule has 0 saturated carbocycles. The fraction of sp³-hybridized carbons (Fsp3) is 0.778. The highest BCUT2D eigenvalue weighted by atomic mass is 32.2. The molecule has 0 bridgehead atoms. The van der Waals surface area contributed by atoms with Gasteiger partial charge in [0.2, 0.25) is 5.91 Å². The van der Waals surface area contributed by atoms with Gasteiger partial charge in [-0.05, 0) is 5.92 Å². The van der Waals surface area contributed by atoms with E-state index in [1.54, 1.807) is 0 Å². The highest BCUT2D eigenvalue weighted by Gasteiger charge is 2.09. The van der Waals surface area contributed by atoms with Crippen LogP contribution >= 0.6 is 0 Å². The molecule has 0 aliphatic heterocycles. The van der Waals surface area contributed by atoms with E-state index in [0.717, 1.165) is 0 Å². The topological polar surface area (TPSA) is 83.5 Å². The van der Waals surface area contributed by atoms with Crippen molar-refractivity contribution in [2.24, 2.45) is 5.92 Å². The van der Waals surface area contributed by atoms with Crippen molar-refractivity contribution in [1.29, 1.82) is 0 Å². The first-order valence-electron chi connectivity index (χ1n) is 4.75. The Morgan fingerprint density at radius 1 is 1.40 bits per heavy atom. The van der Waals surface area contributed by atoms with E-state index in [4.69, 9.17) is 5.11 Å². The Hall–Kier alpha value is -0.910. The molecule has 1 amide bonds. The van der Waals surface area contributed by atoms with E-state index >= 15 is 0 Å². The highest BCUT2D eigenvalue weighted by Crippen LogP contribution is 1.90. The summed E-state index contributed by atoms with van der Waals surface area (Å²) in [5, 5.41) is 11.0. The van der Waals surface area contributed by atoms with E-state index in [0.29, 0.717) is 12.5 Å². The van der Waals surface area contributed by atoms with Gasteiger partial charge in [0, 0.05) is 23.1 Å². The van der Waals surface area contributed by atoms with Gasteiger partial charge in [-0.1, -0.05) is 13.8 Å². The minimum absolute atomic E-state index is 0.0322. The zero-order valence-corrected chi connectivity index (χ0v) is 9.80. The second kappa shape index (κ2) is 7.39. The number of carboxylic acid groups (broad SMARTS) is 1. The zero-order valence-electron chi connectivity index (χ0n) is 8.99. The molecule has 1 atom stereocenters. The molecule has 0 spiro atoms. The van der Waals surface area contributed by atoms with Gasteiger partial charge >= 0.3 is 5.97 Å². The van der Waals surface area contributed by atoms with E-state index in [9.17, 15) is 13.8 Å². The van der Waals surface area contributed by atoms with Crippen LogP contribution in [-0.4, -0.2) is 39.2 Å². The lowest BCUT2D eigenvalue weighted by Gasteiger charge is -2.06. The van der Waals surface area contributed by atoms with Crippen molar-refractivity contribution in [2.75, 3.05) is 18.1 Å². The molecule has 0 rings (SSSR count). The number of nitrogens with one attached hydrogen (secondary N) is 1. The van der Waals surface area contributed by atoms with Gasteiger partial charge < -0.3 is 10.4 Å². The Morgan fingerprint density at radius 2 is 2.00 bits per heavy atom. The van der Waals surface area contributed by atoms with Gasteiger partial charge in [-0.3, -0.25) is 13.8 Å². The Balaban J connectivity index is 3.67. The van der Waals surface area contributed by atoms with Crippen molar-refractivity contribution < 1.29 is 18.9 Å². The Morgan fingerprint density at radius 3 is 2.47 bits per heavy atom. The molecule has 5 nitrogen and oxygen atoms in total. The van der Waals surface area contributed by atoms with Crippen LogP contribution in [0.5, 0.6) is 0 Å². The van der Waals surface area contributed by atoms with Crippen molar-refractivity contribution in [2.45, 2.75) is 20.3 Å². The largest absolute Gasteiger partial charge is 0.481 e. The fourth-order valence-electron chi connectivity index (χ4n) is 0.789. The van der Waals surface area contributed by atoms with E-state index in [-0.39, 0.29) is 23.8 Å². The number of amides is 1. The third-order valence-electron chi connectivity index (χ3n) is 1.54. The van der Waals surface area contributed by atoms with Crippen molar-refractivity contribution in [3.05, 3.63) is 0 Å². The van der Waals surface area contributed by atoms with Crippen LogP contribution in [0, 0.1) is 5.92 Å². The van der Waals surface area contributed by atoms with Crippen LogP contribution in [0.3, 0.4) is 0 Å². The number of hydrogen-bond acceptors (Lipinski definition) is 3. The average Bonchev–Trinajstić information content (AvgIpc) is 2.11. The molecule has 88 valence electrons. The summed E-state index contributed by atoms with van der Waals surface area (Å²) in [4.78, 5) is 21.3. The molecule has 0 aromatic carbocycles. The SMILES string of the molecule is CC(C)CNC(=O)CS(=O)CCC(=O)O. The van der Waals surface area contributed by atoms with Crippen LogP contribution in [0.1, 0.15) is 20.3 Å². The molecule has 2 N–H and O–H groups in total. The Labute approximate surface area is 91.7 Å². The second-order valence-corrected chi connectivity index (χ2v) is 5.21. The molecule has 0 fully saturated rings. The number of carboxylic acids is 1. The lowest BCUT2D eigenvalue weighted by Crippen LogP contribution is -2.31. The summed E-state index contributed by atoms with van der Waals surface area (Å²) < 4.78 is 11.2. The quantitative estimate of drug-likeness (QED) is 0.649. The molecule has 0 aromatic heterocycles. The minimum atomic E-state index is -1.38. The minimum Gasteiger partial charge on any atom is -0.481 e. The summed E-state index contributed by atoms with van der Waals surface area (Å²) in [6.07, 6.45) is -0.163. The van der Waals surface area contributed by atoms with Crippen LogP contribution in [0.25, 0.3) is 0 Å². The van der Waals surface area contributed by atoms with Gasteiger partial charge in [0.15, 0.2) is 0 Å². The molecule has 0 aliphatic carbocycles. The molecule has 0 aliphatic rings. The summed E-state index contributed by atoms with van der Waals surface area (Å²) in [6.45, 7) is 4.47. The molecule has 0 radical (unpaired) electrons. The highest BCUT2D eigenvalue weighted by molar-refractivity contribution is 7.85. The van der Waals surface area contributed by atoms with Gasteiger partial charge in [0.25, 0.3) is 0 Å². The predicted octanol–water partition coefficient (Wildman–Crippen LogP) is -0.0180. The molecular formula is C9H17NO4S. The molecule has 0 saturated heterocycles. The molecule has 6 heteroatoms. The maximum Gasteiger partial charge on any atom is 0.304 e. The average molecular weight is 235 g/mol. The maximum atomic E-state index is 11.2. The monoisotopic (exact) mass is 235 g/mol. The van der Waals surface area contributed by atoms with Crippen LogP contribution in [0.15, 0.2) is 0 Å². The van der Waals surface area contributed by atoms with Gasteiger partial charge in [-0.2, -0.15) is 0 Å². The summed E-state index contributed by atoms with van der Waals surface area (Å²) in [5.41, 5.74) is 0. The summed E-state index contributed by atoms with van der Waals surface area (Å²) in [7, 11) is -1.38. The van der Waals surface area contributed by atoms with E-state index in [1.165, 1.54) is 0 Å². The van der Waals surface area contributed by atoms with Crippen molar-refractivity contribution in [3.8, 4) is 0 Å². The van der Waals surface area contributed by atoms with Gasteiger partial charge in [-0.25, -0.2) is 0 Å². The fourth-order valence-corrected chi connectivity index (χ4v) is 1.73. The van der Waals surface area contributed by atoms with Crippen molar-refractivity contribution in [1.82, 2.24) is 5.32 Å². The number of carbonyl (C=O) groups excluding carboxylic acids is 1. The van der Waals surface area contributed by atoms with Crippen LogP contribution < -0.4 is 5.32 Å². The number of rotatable bonds is 7. The summed E-state index contributed by atoms with van der Waals surface area (Å²) >= 11 is 0. The van der Waals surface area contributed by atoms with Crippen molar-refractivity contribution in [3.63, 3.8) is 0 Å². The normalized spacial score (nSPS) is 12.5. The van der Waals surface area contributed by atoms with Crippen LogP contribution in [0.4, 0.5) is 0 Å². The first kappa shape index (κ1) is 14.1. The third kappa shape index (κ3) is 9.40. The maximum absolute atomic E-state index is 11.2. The Bertz CT molecular complexity index is 252. The smallest absolute Gasteiger partial charge is 0.304 e. The number of carbonyl (C=O) groups is 2. The zero-order chi connectivity index (χ0) is 11.8. The van der Waals surface area contributed by atoms with E-state index < -0.39 is 16.8 Å². The molecule has 15 heavy (non-hydrogen) atoms. The lowest BCUT2D eigenvalue weighted by molar-refractivity contribution is -0.136. The lowest BCUT2D eigenvalue weighted by atomic mass is 10.2. The van der Waals surface area contributed by atoms with Gasteiger partial charge in [-0.15, -0.1) is 0 Å². The molecule has 1 unspecified atom stereocenters. The number of hydrogen-bond donors (Lipinski definition) is 2. The second-order valence-electron chi connectivity index (χ2n) is 3.63. The molecular weight excluding hydrogens is 218 g/mol. The van der Waals surface area contributed by atoms with Crippen molar-refractivity contribution >= 4 is 22.7 Å². The summed E-state index contributed by atoms with van der Waals surface area (Å²) in [6, 6.07) is 0. The van der Waals surface area contributed by atoms with Gasteiger partial charge in [0.05, 0.1) is 6.42 Å². The first-order valence-corrected chi connectivity index (χ1v) is 6.24. The number of aliphatic carboxylic acids is 1. The van der Waals surface area contributed by atoms with E-state index in [1.807, 2.05) is 13.8 Å². The molecule has 0 heterocycles. The van der Waals surface area contributed by atoms with Crippen LogP contribution in [0.2, 0.25) is 0 Å². The van der Waals surface area contributed by atoms with Crippen LogP contribution in [-0.2, 0) is 20.4 Å². The predicted molar refractivity (Wildman–Crippen MR) is 58.0 cm³/mol. The van der Waals surface area contributed by atoms with Gasteiger partial charge in [0.1, 0.15) is 5.75 Å². The Kier molecular flexibility index (Phi) is 6.94.